The molecule has 1 N–H and O–H groups in total. The smallest absolute Gasteiger partial charge is 0.858 e. The molecule has 0 saturated carbocycles. The van der Waals surface area contributed by atoms with Crippen LogP contribution in [0, 0.1) is 0 Å². The van der Waals surface area contributed by atoms with E-state index in [1.807, 2.05) is 0 Å². The van der Waals surface area contributed by atoms with Crippen LogP contribution in [0.4, 0.5) is 5.69 Å². The van der Waals surface area contributed by atoms with Crippen molar-refractivity contribution in [3.8, 4) is 0 Å². The van der Waals surface area contributed by atoms with Crippen LogP contribution < -0.4 is 61.4 Å². The number of hydrogen-bond acceptors (Lipinski definition) is 5. The van der Waals surface area contributed by atoms with E-state index in [9.17, 15) is 19.5 Å². The Labute approximate surface area is 191 Å². The fourth-order valence-corrected chi connectivity index (χ4v) is 2.56. The minimum absolute atomic E-state index is 0. The van der Waals surface area contributed by atoms with Crippen LogP contribution in [0.1, 0.15) is 33.2 Å². The molecule has 0 saturated heterocycles. The van der Waals surface area contributed by atoms with Gasteiger partial charge in [0, 0.05) is 5.56 Å². The molecule has 0 spiro atoms. The van der Waals surface area contributed by atoms with Gasteiger partial charge in [0.15, 0.2) is 0 Å². The summed E-state index contributed by atoms with van der Waals surface area (Å²) in [6, 6.07) is 11.1. The van der Waals surface area contributed by atoms with Gasteiger partial charge in [-0.2, -0.15) is 0 Å². The molecule has 7 nitrogen and oxygen atoms in total. The molecule has 1 atom stereocenters. The van der Waals surface area contributed by atoms with E-state index in [0.29, 0.717) is 0 Å². The van der Waals surface area contributed by atoms with Crippen molar-refractivity contribution in [3.05, 3.63) is 65.2 Å². The molecule has 0 aliphatic carbocycles. The quantitative estimate of drug-likeness (QED) is 0.289. The number of amides is 2. The second-order valence-electron chi connectivity index (χ2n) is 5.46. The summed E-state index contributed by atoms with van der Waals surface area (Å²) in [5.74, 6) is -3.12. The van der Waals surface area contributed by atoms with Gasteiger partial charge in [0.2, 0.25) is 0 Å². The molecule has 0 bridgehead atoms. The normalized spacial score (nSPS) is 14.7. The van der Waals surface area contributed by atoms with Crippen LogP contribution in [0.2, 0.25) is 0 Å². The number of para-hydroxylation sites is 1. The standard InChI is InChI=1S/C18H14N2O5.K/c1-10(18(24)25)19-15(21)13-8-4-5-9-14(13)20-16(22)11-6-2-3-7-12(11)17(20)23;/h2-10H,1H3,(H,19,21)(H,24,25);/q;+1/p-1. The topological polar surface area (TPSA) is 110 Å². The van der Waals surface area contributed by atoms with Gasteiger partial charge < -0.3 is 10.2 Å². The van der Waals surface area contributed by atoms with Gasteiger partial charge in [-0.05, 0) is 31.0 Å². The maximum Gasteiger partial charge on any atom is 1.00 e. The minimum Gasteiger partial charge on any atom is -0.858 e. The SMILES string of the molecule is CC(N=C([O-])c1ccccc1N1C(=O)c2ccccc2C1=O)C(=O)O.[K+]. The molecule has 1 heterocycles. The number of aliphatic imine (C=N–C) groups is 1. The van der Waals surface area contributed by atoms with Crippen molar-refractivity contribution in [2.45, 2.75) is 13.0 Å². The Kier molecular flexibility index (Phi) is 6.48. The first kappa shape index (κ1) is 20.5. The fraction of sp³-hybridized carbons (Fsp3) is 0.111. The van der Waals surface area contributed by atoms with Crippen LogP contribution in [-0.4, -0.2) is 34.8 Å². The molecule has 0 radical (unpaired) electrons. The fourth-order valence-electron chi connectivity index (χ4n) is 2.56. The van der Waals surface area contributed by atoms with Crippen molar-refractivity contribution in [2.24, 2.45) is 4.99 Å². The second kappa shape index (κ2) is 8.23. The molecule has 8 heteroatoms. The van der Waals surface area contributed by atoms with Crippen LogP contribution in [0.3, 0.4) is 0 Å². The van der Waals surface area contributed by atoms with Crippen LogP contribution >= 0.6 is 0 Å². The summed E-state index contributed by atoms with van der Waals surface area (Å²) >= 11 is 0. The van der Waals surface area contributed by atoms with E-state index in [4.69, 9.17) is 5.11 Å². The van der Waals surface area contributed by atoms with E-state index in [1.165, 1.54) is 31.2 Å². The third-order valence-corrected chi connectivity index (χ3v) is 3.84. The van der Waals surface area contributed by atoms with Crippen molar-refractivity contribution < 1.29 is 76.0 Å². The molecule has 1 aliphatic rings. The number of carboxylic acids is 1. The molecule has 0 aromatic heterocycles. The summed E-state index contributed by atoms with van der Waals surface area (Å²) in [4.78, 5) is 40.6. The molecular weight excluding hydrogens is 363 g/mol. The Balaban J connectivity index is 0.00000243. The number of nitrogens with zero attached hydrogens (tertiary/aromatic N) is 2. The van der Waals surface area contributed by atoms with E-state index in [1.54, 1.807) is 24.3 Å². The molecule has 1 unspecified atom stereocenters. The molecular formula is C18H13KN2O5. The van der Waals surface area contributed by atoms with E-state index in [2.05, 4.69) is 4.99 Å². The van der Waals surface area contributed by atoms with Crippen LogP contribution in [0.25, 0.3) is 0 Å². The first-order valence-corrected chi connectivity index (χ1v) is 7.46. The van der Waals surface area contributed by atoms with E-state index in [-0.39, 0.29) is 73.8 Å². The van der Waals surface area contributed by atoms with Gasteiger partial charge in [-0.15, -0.1) is 0 Å². The number of carbonyl (C=O) groups excluding carboxylic acids is 2. The Morgan fingerprint density at radius 2 is 1.54 bits per heavy atom. The largest absolute Gasteiger partial charge is 1.00 e. The first-order chi connectivity index (χ1) is 11.9. The minimum atomic E-state index is -1.24. The zero-order valence-electron chi connectivity index (χ0n) is 14.2. The Bertz CT molecular complexity index is 890. The van der Waals surface area contributed by atoms with Crippen LogP contribution in [0.5, 0.6) is 0 Å². The summed E-state index contributed by atoms with van der Waals surface area (Å²) in [5.41, 5.74) is 0.585. The number of fused-ring (bicyclic) bond motifs is 1. The van der Waals surface area contributed by atoms with Gasteiger partial charge in [0.05, 0.1) is 16.8 Å². The van der Waals surface area contributed by atoms with Crippen molar-refractivity contribution in [3.63, 3.8) is 0 Å². The van der Waals surface area contributed by atoms with Gasteiger partial charge in [-0.25, -0.2) is 9.69 Å². The summed E-state index contributed by atoms with van der Waals surface area (Å²) < 4.78 is 0. The van der Waals surface area contributed by atoms with Gasteiger partial charge in [0.1, 0.15) is 6.04 Å². The first-order valence-electron chi connectivity index (χ1n) is 7.46. The number of carboxylic acid groups (broad SMARTS) is 1. The maximum absolute atomic E-state index is 12.6. The van der Waals surface area contributed by atoms with Crippen molar-refractivity contribution in [1.82, 2.24) is 0 Å². The van der Waals surface area contributed by atoms with Crippen molar-refractivity contribution in [1.29, 1.82) is 0 Å². The number of rotatable bonds is 4. The monoisotopic (exact) mass is 376 g/mol. The predicted molar refractivity (Wildman–Crippen MR) is 87.7 cm³/mol. The van der Waals surface area contributed by atoms with E-state index >= 15 is 0 Å². The molecule has 126 valence electrons. The predicted octanol–water partition coefficient (Wildman–Crippen LogP) is -1.93. The summed E-state index contributed by atoms with van der Waals surface area (Å²) in [6.45, 7) is 1.27. The number of aliphatic carboxylic acids is 1. The average Bonchev–Trinajstić information content (AvgIpc) is 2.86. The van der Waals surface area contributed by atoms with Gasteiger partial charge >= 0.3 is 57.4 Å². The molecule has 1 aliphatic heterocycles. The number of anilines is 1. The van der Waals surface area contributed by atoms with E-state index in [0.717, 1.165) is 4.90 Å². The van der Waals surface area contributed by atoms with Crippen molar-refractivity contribution >= 4 is 29.4 Å². The van der Waals surface area contributed by atoms with Crippen LogP contribution in [0.15, 0.2) is 53.5 Å². The zero-order chi connectivity index (χ0) is 18.1. The Morgan fingerprint density at radius 3 is 2.08 bits per heavy atom. The maximum atomic E-state index is 12.6. The number of benzene rings is 2. The van der Waals surface area contributed by atoms with E-state index < -0.39 is 29.7 Å². The zero-order valence-corrected chi connectivity index (χ0v) is 17.3. The Hall–Kier alpha value is -1.84. The summed E-state index contributed by atoms with van der Waals surface area (Å²) in [7, 11) is 0. The molecule has 2 amide bonds. The summed E-state index contributed by atoms with van der Waals surface area (Å²) in [5, 5.41) is 21.2. The van der Waals surface area contributed by atoms with Crippen LogP contribution in [-0.2, 0) is 4.79 Å². The molecule has 26 heavy (non-hydrogen) atoms. The molecule has 2 aromatic rings. The van der Waals surface area contributed by atoms with Gasteiger partial charge in [-0.1, -0.05) is 30.3 Å². The Morgan fingerprint density at radius 1 is 1.04 bits per heavy atom. The summed E-state index contributed by atoms with van der Waals surface area (Å²) in [6.07, 6.45) is 0. The van der Waals surface area contributed by atoms with Crippen molar-refractivity contribution in [2.75, 3.05) is 4.90 Å². The number of carbonyl (C=O) groups is 3. The second-order valence-corrected chi connectivity index (χ2v) is 5.46. The van der Waals surface area contributed by atoms with Gasteiger partial charge in [0.25, 0.3) is 11.8 Å². The number of hydrogen-bond donors (Lipinski definition) is 1. The molecule has 0 fully saturated rings. The van der Waals surface area contributed by atoms with Gasteiger partial charge in [-0.3, -0.25) is 14.6 Å². The molecule has 3 rings (SSSR count). The number of imide groups is 1. The molecule has 2 aromatic carbocycles. The third-order valence-electron chi connectivity index (χ3n) is 3.84. The average molecular weight is 376 g/mol. The third kappa shape index (κ3) is 3.65.